The van der Waals surface area contributed by atoms with E-state index in [2.05, 4.69) is 16.2 Å². The Morgan fingerprint density at radius 1 is 0.889 bits per heavy atom. The quantitative estimate of drug-likeness (QED) is 0.534. The first-order valence-electron chi connectivity index (χ1n) is 8.05. The minimum atomic E-state index is -0.418. The lowest BCUT2D eigenvalue weighted by Gasteiger charge is -2.14. The lowest BCUT2D eigenvalue weighted by Crippen LogP contribution is -3.11. The fraction of sp³-hybridized carbons (Fsp3) is 0.167. The SMILES string of the molecule is C[NH+](CC(=O)NNC(=O)c1ccccc1)CC(=O)Nc1ccc(Cl)c(Cl)c1. The number of amides is 3. The second kappa shape index (κ2) is 9.91. The van der Waals surface area contributed by atoms with Crippen LogP contribution in [0.25, 0.3) is 0 Å². The molecule has 0 aliphatic heterocycles. The van der Waals surface area contributed by atoms with Crippen LogP contribution in [0.2, 0.25) is 10.0 Å². The van der Waals surface area contributed by atoms with E-state index in [4.69, 9.17) is 23.2 Å². The molecule has 2 aromatic carbocycles. The summed E-state index contributed by atoms with van der Waals surface area (Å²) in [7, 11) is 1.69. The van der Waals surface area contributed by atoms with Crippen LogP contribution in [0, 0.1) is 0 Å². The molecule has 0 aliphatic carbocycles. The molecule has 0 heterocycles. The van der Waals surface area contributed by atoms with Gasteiger partial charge in [-0.05, 0) is 30.3 Å². The van der Waals surface area contributed by atoms with Crippen molar-refractivity contribution in [1.82, 2.24) is 10.9 Å². The van der Waals surface area contributed by atoms with Gasteiger partial charge in [-0.3, -0.25) is 25.2 Å². The van der Waals surface area contributed by atoms with Gasteiger partial charge in [0.2, 0.25) is 0 Å². The van der Waals surface area contributed by atoms with Crippen molar-refractivity contribution < 1.29 is 19.3 Å². The van der Waals surface area contributed by atoms with E-state index >= 15 is 0 Å². The molecule has 0 radical (unpaired) electrons. The first kappa shape index (κ1) is 20.7. The van der Waals surface area contributed by atoms with E-state index in [0.717, 1.165) is 0 Å². The van der Waals surface area contributed by atoms with Gasteiger partial charge in [-0.1, -0.05) is 41.4 Å². The summed E-state index contributed by atoms with van der Waals surface area (Å²) in [5.74, 6) is -1.12. The summed E-state index contributed by atoms with van der Waals surface area (Å²) in [6, 6.07) is 13.3. The summed E-state index contributed by atoms with van der Waals surface area (Å²) in [5.41, 5.74) is 5.60. The summed E-state index contributed by atoms with van der Waals surface area (Å²) < 4.78 is 0. The number of halogens is 2. The Labute approximate surface area is 166 Å². The zero-order valence-electron chi connectivity index (χ0n) is 14.5. The number of rotatable bonds is 6. The van der Waals surface area contributed by atoms with Gasteiger partial charge in [0.15, 0.2) is 13.1 Å². The number of likely N-dealkylation sites (N-methyl/N-ethyl adjacent to an activating group) is 1. The third kappa shape index (κ3) is 6.90. The van der Waals surface area contributed by atoms with Crippen molar-refractivity contribution in [3.63, 3.8) is 0 Å². The molecule has 0 bridgehead atoms. The molecule has 3 amide bonds. The van der Waals surface area contributed by atoms with Crippen LogP contribution in [0.5, 0.6) is 0 Å². The maximum Gasteiger partial charge on any atom is 0.293 e. The lowest BCUT2D eigenvalue weighted by molar-refractivity contribution is -0.862. The van der Waals surface area contributed by atoms with Crippen molar-refractivity contribution >= 4 is 46.6 Å². The van der Waals surface area contributed by atoms with Gasteiger partial charge in [-0.15, -0.1) is 0 Å². The average Bonchev–Trinajstić information content (AvgIpc) is 2.63. The Kier molecular flexibility index (Phi) is 7.60. The van der Waals surface area contributed by atoms with Gasteiger partial charge >= 0.3 is 0 Å². The van der Waals surface area contributed by atoms with E-state index in [-0.39, 0.29) is 19.0 Å². The number of hydrogen-bond donors (Lipinski definition) is 4. The molecule has 142 valence electrons. The van der Waals surface area contributed by atoms with Crippen LogP contribution in [0.1, 0.15) is 10.4 Å². The average molecular weight is 410 g/mol. The van der Waals surface area contributed by atoms with Gasteiger partial charge in [0.1, 0.15) is 0 Å². The number of hydrogen-bond acceptors (Lipinski definition) is 3. The molecule has 0 saturated carbocycles. The molecule has 4 N–H and O–H groups in total. The highest BCUT2D eigenvalue weighted by Crippen LogP contribution is 2.24. The molecule has 2 aromatic rings. The monoisotopic (exact) mass is 409 g/mol. The molecule has 0 aliphatic rings. The predicted molar refractivity (Wildman–Crippen MR) is 104 cm³/mol. The molecule has 0 aromatic heterocycles. The standard InChI is InChI=1S/C18H18Cl2N4O3/c1-24(10-16(25)21-13-7-8-14(19)15(20)9-13)11-17(26)22-23-18(27)12-5-3-2-4-6-12/h2-9H,10-11H2,1H3,(H,21,25)(H,22,26)(H,23,27)/p+1. The number of quaternary nitrogens is 1. The van der Waals surface area contributed by atoms with Gasteiger partial charge in [-0.2, -0.15) is 0 Å². The zero-order chi connectivity index (χ0) is 19.8. The highest BCUT2D eigenvalue weighted by molar-refractivity contribution is 6.42. The van der Waals surface area contributed by atoms with Crippen LogP contribution in [0.3, 0.4) is 0 Å². The number of hydrazine groups is 1. The second-order valence-corrected chi connectivity index (χ2v) is 6.67. The van der Waals surface area contributed by atoms with E-state index in [1.54, 1.807) is 55.6 Å². The van der Waals surface area contributed by atoms with Crippen LogP contribution >= 0.6 is 23.2 Å². The molecule has 7 nitrogen and oxygen atoms in total. The minimum absolute atomic E-state index is 0.00383. The Morgan fingerprint density at radius 2 is 1.56 bits per heavy atom. The molecule has 0 saturated heterocycles. The van der Waals surface area contributed by atoms with Gasteiger partial charge in [0, 0.05) is 11.3 Å². The Balaban J connectivity index is 1.74. The molecule has 1 atom stereocenters. The third-order valence-electron chi connectivity index (χ3n) is 3.48. The first-order valence-corrected chi connectivity index (χ1v) is 8.81. The summed E-state index contributed by atoms with van der Waals surface area (Å²) in [6.07, 6.45) is 0. The van der Waals surface area contributed by atoms with Crippen LogP contribution in [-0.4, -0.2) is 37.9 Å². The Hall–Kier alpha value is -2.61. The highest BCUT2D eigenvalue weighted by atomic mass is 35.5. The molecular formula is C18H19Cl2N4O3+. The van der Waals surface area contributed by atoms with E-state index in [1.807, 2.05) is 0 Å². The van der Waals surface area contributed by atoms with E-state index < -0.39 is 11.8 Å². The summed E-state index contributed by atoms with van der Waals surface area (Å²) >= 11 is 11.7. The summed E-state index contributed by atoms with van der Waals surface area (Å²) in [4.78, 5) is 36.4. The fourth-order valence-corrected chi connectivity index (χ4v) is 2.52. The molecule has 0 spiro atoms. The fourth-order valence-electron chi connectivity index (χ4n) is 2.22. The number of carbonyl (C=O) groups excluding carboxylic acids is 3. The summed E-state index contributed by atoms with van der Waals surface area (Å²) in [5, 5.41) is 3.41. The zero-order valence-corrected chi connectivity index (χ0v) is 16.0. The van der Waals surface area contributed by atoms with Crippen molar-refractivity contribution in [2.45, 2.75) is 0 Å². The van der Waals surface area contributed by atoms with E-state index in [9.17, 15) is 14.4 Å². The number of nitrogens with one attached hydrogen (secondary N) is 4. The molecule has 27 heavy (non-hydrogen) atoms. The number of carbonyl (C=O) groups is 3. The topological polar surface area (TPSA) is 91.7 Å². The van der Waals surface area contributed by atoms with Crippen molar-refractivity contribution in [3.8, 4) is 0 Å². The largest absolute Gasteiger partial charge is 0.322 e. The van der Waals surface area contributed by atoms with Gasteiger partial charge in [-0.25, -0.2) is 0 Å². The van der Waals surface area contributed by atoms with Crippen molar-refractivity contribution in [2.24, 2.45) is 0 Å². The molecule has 2 rings (SSSR count). The van der Waals surface area contributed by atoms with Crippen LogP contribution in [-0.2, 0) is 9.59 Å². The molecule has 1 unspecified atom stereocenters. The van der Waals surface area contributed by atoms with Gasteiger partial charge in [0.05, 0.1) is 17.1 Å². The van der Waals surface area contributed by atoms with Crippen molar-refractivity contribution in [3.05, 3.63) is 64.1 Å². The van der Waals surface area contributed by atoms with Gasteiger partial charge in [0.25, 0.3) is 17.7 Å². The third-order valence-corrected chi connectivity index (χ3v) is 4.22. The maximum absolute atomic E-state index is 12.0. The molecule has 0 fully saturated rings. The smallest absolute Gasteiger partial charge is 0.293 e. The second-order valence-electron chi connectivity index (χ2n) is 5.86. The first-order chi connectivity index (χ1) is 12.8. The predicted octanol–water partition coefficient (Wildman–Crippen LogP) is 0.908. The van der Waals surface area contributed by atoms with Crippen molar-refractivity contribution in [2.75, 3.05) is 25.5 Å². The van der Waals surface area contributed by atoms with E-state index in [1.165, 1.54) is 0 Å². The number of benzene rings is 2. The van der Waals surface area contributed by atoms with Crippen LogP contribution in [0.15, 0.2) is 48.5 Å². The summed E-state index contributed by atoms with van der Waals surface area (Å²) in [6.45, 7) is 0.0597. The highest BCUT2D eigenvalue weighted by Gasteiger charge is 2.15. The lowest BCUT2D eigenvalue weighted by atomic mass is 10.2. The maximum atomic E-state index is 12.0. The van der Waals surface area contributed by atoms with Crippen molar-refractivity contribution in [1.29, 1.82) is 0 Å². The van der Waals surface area contributed by atoms with Crippen LogP contribution in [0.4, 0.5) is 5.69 Å². The van der Waals surface area contributed by atoms with Gasteiger partial charge < -0.3 is 10.2 Å². The molecule has 9 heteroatoms. The Bertz CT molecular complexity index is 831. The number of anilines is 1. The minimum Gasteiger partial charge on any atom is -0.322 e. The van der Waals surface area contributed by atoms with E-state index in [0.29, 0.717) is 26.2 Å². The van der Waals surface area contributed by atoms with Crippen LogP contribution < -0.4 is 21.1 Å². The molecular weight excluding hydrogens is 391 g/mol. The Morgan fingerprint density at radius 3 is 2.22 bits per heavy atom. The normalized spacial score (nSPS) is 11.4.